The Hall–Kier alpha value is -1.89. The Bertz CT molecular complexity index is 668. The number of aryl methyl sites for hydroxylation is 1. The van der Waals surface area contributed by atoms with Crippen LogP contribution in [-0.2, 0) is 0 Å². The maximum Gasteiger partial charge on any atom is 0.290 e. The van der Waals surface area contributed by atoms with Crippen LogP contribution >= 0.6 is 15.9 Å². The fourth-order valence-electron chi connectivity index (χ4n) is 2.63. The molecule has 0 saturated carbocycles. The molecule has 0 aromatic carbocycles. The summed E-state index contributed by atoms with van der Waals surface area (Å²) in [5.74, 6) is 0.636. The van der Waals surface area contributed by atoms with Gasteiger partial charge in [0.1, 0.15) is 5.82 Å². The molecule has 1 aliphatic heterocycles. The molecular formula is C14H15BrN4O2. The number of nitrogen functional groups attached to an aromatic ring is 1. The molecule has 1 unspecified atom stereocenters. The second-order valence-corrected chi connectivity index (χ2v) is 5.88. The molecule has 2 N–H and O–H groups in total. The van der Waals surface area contributed by atoms with Gasteiger partial charge in [-0.3, -0.25) is 4.79 Å². The third-order valence-corrected chi connectivity index (χ3v) is 4.03. The van der Waals surface area contributed by atoms with Gasteiger partial charge in [-0.15, -0.1) is 5.10 Å². The second kappa shape index (κ2) is 5.48. The predicted molar refractivity (Wildman–Crippen MR) is 80.6 cm³/mol. The molecule has 1 atom stereocenters. The number of furan rings is 1. The number of rotatable bonds is 2. The maximum absolute atomic E-state index is 12.7. The maximum atomic E-state index is 12.7. The van der Waals surface area contributed by atoms with Crippen molar-refractivity contribution in [2.45, 2.75) is 25.8 Å². The number of likely N-dealkylation sites (tertiary alicyclic amines) is 1. The minimum Gasteiger partial charge on any atom is -0.444 e. The highest BCUT2D eigenvalue weighted by molar-refractivity contribution is 9.10. The Morgan fingerprint density at radius 1 is 1.48 bits per heavy atom. The molecule has 2 aromatic rings. The van der Waals surface area contributed by atoms with Gasteiger partial charge in [0.05, 0.1) is 11.7 Å². The molecule has 21 heavy (non-hydrogen) atoms. The lowest BCUT2D eigenvalue weighted by molar-refractivity contribution is 0.0697. The number of hydrogen-bond acceptors (Lipinski definition) is 5. The van der Waals surface area contributed by atoms with E-state index in [0.29, 0.717) is 22.8 Å². The van der Waals surface area contributed by atoms with Crippen LogP contribution < -0.4 is 5.73 Å². The molecule has 3 rings (SSSR count). The Labute approximate surface area is 130 Å². The molecule has 0 bridgehead atoms. The van der Waals surface area contributed by atoms with Crippen molar-refractivity contribution in [3.05, 3.63) is 39.9 Å². The lowest BCUT2D eigenvalue weighted by atomic mass is 10.1. The van der Waals surface area contributed by atoms with E-state index in [4.69, 9.17) is 10.2 Å². The summed E-state index contributed by atoms with van der Waals surface area (Å²) in [6.07, 6.45) is 1.80. The zero-order valence-corrected chi connectivity index (χ0v) is 13.1. The number of amides is 1. The third kappa shape index (κ3) is 2.65. The summed E-state index contributed by atoms with van der Waals surface area (Å²) in [6, 6.07) is 5.25. The minimum atomic E-state index is -0.112. The minimum absolute atomic E-state index is 0.0751. The molecule has 7 heteroatoms. The van der Waals surface area contributed by atoms with Gasteiger partial charge in [0.15, 0.2) is 10.4 Å². The first-order valence-corrected chi connectivity index (χ1v) is 7.51. The predicted octanol–water partition coefficient (Wildman–Crippen LogP) is 2.70. The van der Waals surface area contributed by atoms with Gasteiger partial charge in [-0.1, -0.05) is 0 Å². The first kappa shape index (κ1) is 14.1. The number of anilines is 1. The van der Waals surface area contributed by atoms with E-state index >= 15 is 0 Å². The van der Waals surface area contributed by atoms with Crippen molar-refractivity contribution < 1.29 is 9.21 Å². The van der Waals surface area contributed by atoms with Gasteiger partial charge < -0.3 is 15.1 Å². The number of hydrogen-bond donors (Lipinski definition) is 1. The third-order valence-electron chi connectivity index (χ3n) is 3.64. The zero-order valence-electron chi connectivity index (χ0n) is 11.5. The first-order chi connectivity index (χ1) is 10.1. The second-order valence-electron chi connectivity index (χ2n) is 5.10. The highest BCUT2D eigenvalue weighted by Gasteiger charge is 2.34. The molecule has 3 heterocycles. The summed E-state index contributed by atoms with van der Waals surface area (Å²) in [7, 11) is 0. The highest BCUT2D eigenvalue weighted by atomic mass is 79.9. The molecule has 1 fully saturated rings. The van der Waals surface area contributed by atoms with Crippen molar-refractivity contribution in [2.75, 3.05) is 12.3 Å². The average molecular weight is 351 g/mol. The molecule has 1 saturated heterocycles. The van der Waals surface area contributed by atoms with Crippen molar-refractivity contribution in [1.82, 2.24) is 15.1 Å². The lowest BCUT2D eigenvalue weighted by Crippen LogP contribution is -2.31. The van der Waals surface area contributed by atoms with Crippen LogP contribution in [0.2, 0.25) is 0 Å². The van der Waals surface area contributed by atoms with E-state index in [2.05, 4.69) is 26.1 Å². The van der Waals surface area contributed by atoms with E-state index in [9.17, 15) is 4.79 Å². The molecule has 0 spiro atoms. The fourth-order valence-corrected chi connectivity index (χ4v) is 3.14. The molecule has 1 aliphatic rings. The summed E-state index contributed by atoms with van der Waals surface area (Å²) < 4.78 is 6.02. The van der Waals surface area contributed by atoms with Crippen LogP contribution in [0.15, 0.2) is 27.3 Å². The van der Waals surface area contributed by atoms with Gasteiger partial charge in [0.25, 0.3) is 5.91 Å². The first-order valence-electron chi connectivity index (χ1n) is 6.72. The van der Waals surface area contributed by atoms with Gasteiger partial charge in [-0.05, 0) is 53.9 Å². The van der Waals surface area contributed by atoms with E-state index in [0.717, 1.165) is 24.1 Å². The molecular weight excluding hydrogens is 336 g/mol. The number of halogens is 1. The van der Waals surface area contributed by atoms with Crippen LogP contribution in [0.3, 0.4) is 0 Å². The molecule has 0 radical (unpaired) electrons. The van der Waals surface area contributed by atoms with Gasteiger partial charge in [-0.25, -0.2) is 0 Å². The van der Waals surface area contributed by atoms with Gasteiger partial charge in [0.2, 0.25) is 0 Å². The number of aromatic nitrogens is 2. The highest BCUT2D eigenvalue weighted by Crippen LogP contribution is 2.33. The number of nitrogens with zero attached hydrogens (tertiary/aromatic N) is 3. The van der Waals surface area contributed by atoms with Crippen LogP contribution in [0.25, 0.3) is 0 Å². The van der Waals surface area contributed by atoms with E-state index in [1.54, 1.807) is 17.0 Å². The van der Waals surface area contributed by atoms with Gasteiger partial charge in [-0.2, -0.15) is 5.10 Å². The van der Waals surface area contributed by atoms with E-state index in [1.807, 2.05) is 13.0 Å². The van der Waals surface area contributed by atoms with Crippen LogP contribution in [0.1, 0.15) is 40.7 Å². The summed E-state index contributed by atoms with van der Waals surface area (Å²) in [4.78, 5) is 14.5. The Balaban J connectivity index is 1.88. The number of nitrogens with two attached hydrogens (primary N) is 1. The van der Waals surface area contributed by atoms with Crippen LogP contribution in [0, 0.1) is 6.92 Å². The summed E-state index contributed by atoms with van der Waals surface area (Å²) >= 11 is 3.25. The smallest absolute Gasteiger partial charge is 0.290 e. The Morgan fingerprint density at radius 2 is 2.29 bits per heavy atom. The molecule has 110 valence electrons. The molecule has 1 amide bonds. The lowest BCUT2D eigenvalue weighted by Gasteiger charge is -2.23. The molecule has 2 aromatic heterocycles. The number of carbonyl (C=O) groups excluding carboxylic acids is 1. The summed E-state index contributed by atoms with van der Waals surface area (Å²) in [5.41, 5.74) is 7.14. The molecule has 6 nitrogen and oxygen atoms in total. The fraction of sp³-hybridized carbons (Fsp3) is 0.357. The van der Waals surface area contributed by atoms with Crippen molar-refractivity contribution in [3.63, 3.8) is 0 Å². The topological polar surface area (TPSA) is 85.2 Å². The quantitative estimate of drug-likeness (QED) is 0.899. The Morgan fingerprint density at radius 3 is 2.90 bits per heavy atom. The normalized spacial score (nSPS) is 18.2. The van der Waals surface area contributed by atoms with Gasteiger partial charge in [0, 0.05) is 12.1 Å². The standard InChI is InChI=1S/C14H15BrN4O2/c1-8-7-11(15)21-13(8)14(20)19-6-2-3-10(19)9-4-5-12(16)18-17-9/h4-5,7,10H,2-3,6H2,1H3,(H2,16,18). The van der Waals surface area contributed by atoms with Crippen molar-refractivity contribution >= 4 is 27.7 Å². The van der Waals surface area contributed by atoms with E-state index in [1.165, 1.54) is 0 Å². The van der Waals surface area contributed by atoms with Crippen molar-refractivity contribution in [2.24, 2.45) is 0 Å². The summed E-state index contributed by atoms with van der Waals surface area (Å²) in [6.45, 7) is 2.54. The van der Waals surface area contributed by atoms with Crippen LogP contribution in [-0.4, -0.2) is 27.5 Å². The van der Waals surface area contributed by atoms with Crippen LogP contribution in [0.5, 0.6) is 0 Å². The number of carbonyl (C=O) groups is 1. The van der Waals surface area contributed by atoms with Crippen LogP contribution in [0.4, 0.5) is 5.82 Å². The summed E-state index contributed by atoms with van der Waals surface area (Å²) in [5, 5.41) is 7.98. The van der Waals surface area contributed by atoms with Crippen molar-refractivity contribution in [1.29, 1.82) is 0 Å². The SMILES string of the molecule is Cc1cc(Br)oc1C(=O)N1CCCC1c1ccc(N)nn1. The van der Waals surface area contributed by atoms with Gasteiger partial charge >= 0.3 is 0 Å². The monoisotopic (exact) mass is 350 g/mol. The largest absolute Gasteiger partial charge is 0.444 e. The van der Waals surface area contributed by atoms with E-state index in [-0.39, 0.29) is 11.9 Å². The molecule has 0 aliphatic carbocycles. The van der Waals surface area contributed by atoms with Crippen molar-refractivity contribution in [3.8, 4) is 0 Å². The van der Waals surface area contributed by atoms with E-state index < -0.39 is 0 Å². The Kier molecular flexibility index (Phi) is 3.67. The zero-order chi connectivity index (χ0) is 15.0. The average Bonchev–Trinajstić information content (AvgIpc) is 3.05.